The van der Waals surface area contributed by atoms with Gasteiger partial charge < -0.3 is 0 Å². The molecule has 200 valence electrons. The van der Waals surface area contributed by atoms with Gasteiger partial charge in [-0.15, -0.1) is 0 Å². The van der Waals surface area contributed by atoms with Crippen molar-refractivity contribution in [3.05, 3.63) is 127 Å². The number of benzene rings is 5. The lowest BCUT2D eigenvalue weighted by molar-refractivity contribution is 1.27. The number of fused-ring (bicyclic) bond motifs is 5. The number of hydrogen-bond acceptors (Lipinski definition) is 0. The maximum absolute atomic E-state index is 6.84. The first kappa shape index (κ1) is 26.7. The Bertz CT molecular complexity index is 1870. The van der Waals surface area contributed by atoms with E-state index in [1.54, 1.807) is 0 Å². The predicted octanol–water partition coefficient (Wildman–Crippen LogP) is 5.76. The first-order valence-electron chi connectivity index (χ1n) is 14.5. The number of rotatable bonds is 2. The van der Waals surface area contributed by atoms with Crippen molar-refractivity contribution in [1.82, 2.24) is 0 Å². The largest absolute Gasteiger partial charge is 0.240 e. The minimum absolute atomic E-state index is 0.0655. The summed E-state index contributed by atoms with van der Waals surface area (Å²) < 4.78 is 0. The number of halogens is 2. The Morgan fingerprint density at radius 2 is 0.927 bits per heavy atom. The van der Waals surface area contributed by atoms with Crippen LogP contribution < -0.4 is 32.8 Å². The van der Waals surface area contributed by atoms with E-state index < -0.39 is 0 Å². The normalized spacial score (nSPS) is 13.2. The van der Waals surface area contributed by atoms with Crippen molar-refractivity contribution >= 4 is 69.4 Å². The maximum Gasteiger partial charge on any atom is 0.240 e. The SMILES string of the molecule is Cc1cc(C)c(B2c3cc(Cl)c(Cl)cc3B(c3c(C)cc(C)cc3C)c3cc4c(cc32)Cc2ccccc2-4)c(C)c1. The lowest BCUT2D eigenvalue weighted by Crippen LogP contribution is -2.76. The highest BCUT2D eigenvalue weighted by Gasteiger charge is 2.42. The molecule has 0 aromatic heterocycles. The zero-order valence-electron chi connectivity index (χ0n) is 24.5. The van der Waals surface area contributed by atoms with Gasteiger partial charge in [-0.2, -0.15) is 0 Å². The van der Waals surface area contributed by atoms with E-state index in [9.17, 15) is 0 Å². The third-order valence-electron chi connectivity index (χ3n) is 9.42. The van der Waals surface area contributed by atoms with Crippen LogP contribution in [0.3, 0.4) is 0 Å². The minimum Gasteiger partial charge on any atom is -0.0827 e. The quantitative estimate of drug-likeness (QED) is 0.233. The van der Waals surface area contributed by atoms with Crippen LogP contribution in [0.2, 0.25) is 10.0 Å². The molecule has 0 saturated heterocycles. The number of aryl methyl sites for hydroxylation is 6. The fourth-order valence-corrected chi connectivity index (χ4v) is 8.39. The van der Waals surface area contributed by atoms with Crippen LogP contribution >= 0.6 is 23.2 Å². The monoisotopic (exact) mass is 568 g/mol. The van der Waals surface area contributed by atoms with E-state index >= 15 is 0 Å². The van der Waals surface area contributed by atoms with Gasteiger partial charge in [0, 0.05) is 0 Å². The highest BCUT2D eigenvalue weighted by molar-refractivity contribution is 7.11. The van der Waals surface area contributed by atoms with E-state index in [1.165, 1.54) is 88.4 Å². The zero-order valence-corrected chi connectivity index (χ0v) is 26.1. The summed E-state index contributed by atoms with van der Waals surface area (Å²) in [5.74, 6) is 0. The van der Waals surface area contributed by atoms with Crippen molar-refractivity contribution < 1.29 is 0 Å². The van der Waals surface area contributed by atoms with Crippen LogP contribution in [0.15, 0.2) is 72.8 Å². The van der Waals surface area contributed by atoms with Gasteiger partial charge in [-0.05, 0) is 82.3 Å². The molecule has 41 heavy (non-hydrogen) atoms. The Kier molecular flexibility index (Phi) is 6.31. The van der Waals surface area contributed by atoms with Crippen LogP contribution in [0.5, 0.6) is 0 Å². The fourth-order valence-electron chi connectivity index (χ4n) is 8.05. The summed E-state index contributed by atoms with van der Waals surface area (Å²) in [5, 5.41) is 1.23. The summed E-state index contributed by atoms with van der Waals surface area (Å²) in [6.07, 6.45) is 0.971. The van der Waals surface area contributed by atoms with Crippen LogP contribution in [-0.2, 0) is 6.42 Å². The highest BCUT2D eigenvalue weighted by Crippen LogP contribution is 2.36. The Morgan fingerprint density at radius 3 is 1.44 bits per heavy atom. The second-order valence-electron chi connectivity index (χ2n) is 12.4. The second-order valence-corrected chi connectivity index (χ2v) is 13.2. The molecule has 0 fully saturated rings. The summed E-state index contributed by atoms with van der Waals surface area (Å²) in [6, 6.07) is 27.5. The van der Waals surface area contributed by atoms with E-state index in [0.717, 1.165) is 6.42 Å². The third-order valence-corrected chi connectivity index (χ3v) is 10.1. The van der Waals surface area contributed by atoms with Gasteiger partial charge in [-0.25, -0.2) is 0 Å². The van der Waals surface area contributed by atoms with Gasteiger partial charge in [-0.3, -0.25) is 0 Å². The summed E-state index contributed by atoms with van der Waals surface area (Å²) in [7, 11) is 0. The fraction of sp³-hybridized carbons (Fsp3) is 0.189. The van der Waals surface area contributed by atoms with Crippen molar-refractivity contribution in [1.29, 1.82) is 0 Å². The van der Waals surface area contributed by atoms with Crippen molar-refractivity contribution in [3.8, 4) is 11.1 Å². The molecular formula is C37H32B2Cl2. The summed E-state index contributed by atoms with van der Waals surface area (Å²) >= 11 is 13.7. The highest BCUT2D eigenvalue weighted by atomic mass is 35.5. The molecule has 1 aliphatic carbocycles. The lowest BCUT2D eigenvalue weighted by atomic mass is 9.20. The Balaban J connectivity index is 1.62. The molecular weight excluding hydrogens is 537 g/mol. The molecule has 0 saturated carbocycles. The van der Waals surface area contributed by atoms with E-state index in [1.807, 2.05) is 0 Å². The van der Waals surface area contributed by atoms with Crippen LogP contribution in [0.1, 0.15) is 44.5 Å². The average molecular weight is 569 g/mol. The van der Waals surface area contributed by atoms with E-state index in [4.69, 9.17) is 23.2 Å². The van der Waals surface area contributed by atoms with Gasteiger partial charge in [0.05, 0.1) is 10.0 Å². The second kappa shape index (κ2) is 9.69. The molecule has 5 aromatic rings. The van der Waals surface area contributed by atoms with E-state index in [0.29, 0.717) is 10.0 Å². The summed E-state index contributed by atoms with van der Waals surface area (Å²) in [4.78, 5) is 0. The molecule has 0 unspecified atom stereocenters. The van der Waals surface area contributed by atoms with Crippen LogP contribution in [-0.4, -0.2) is 13.4 Å². The van der Waals surface area contributed by atoms with Gasteiger partial charge in [0.2, 0.25) is 13.4 Å². The lowest BCUT2D eigenvalue weighted by Gasteiger charge is -2.35. The molecule has 1 heterocycles. The molecule has 1 aliphatic heterocycles. The molecule has 2 aliphatic rings. The molecule has 0 atom stereocenters. The van der Waals surface area contributed by atoms with E-state index in [-0.39, 0.29) is 13.4 Å². The number of hydrogen-bond donors (Lipinski definition) is 0. The van der Waals surface area contributed by atoms with Crippen LogP contribution in [0.4, 0.5) is 0 Å². The van der Waals surface area contributed by atoms with Crippen molar-refractivity contribution in [2.24, 2.45) is 0 Å². The molecule has 0 amide bonds. The van der Waals surface area contributed by atoms with Gasteiger partial charge in [0.15, 0.2) is 0 Å². The average Bonchev–Trinajstić information content (AvgIpc) is 3.26. The molecule has 0 N–H and O–H groups in total. The molecule has 0 spiro atoms. The van der Waals surface area contributed by atoms with Gasteiger partial charge in [-0.1, -0.05) is 150 Å². The Hall–Kier alpha value is -3.19. The van der Waals surface area contributed by atoms with E-state index in [2.05, 4.69) is 114 Å². The standard InChI is InChI=1S/C37H32B2Cl2/c1-20-11-22(3)36(23(4)12-20)38-30-16-27-15-26-9-7-8-10-28(26)29(27)17-31(30)39(33-19-35(41)34(40)18-32(33)38)37-24(5)13-21(2)14-25(37)6/h7-14,16-19H,15H2,1-6H3. The van der Waals surface area contributed by atoms with Gasteiger partial charge in [0.1, 0.15) is 0 Å². The molecule has 7 rings (SSSR count). The maximum atomic E-state index is 6.84. The van der Waals surface area contributed by atoms with Crippen molar-refractivity contribution in [3.63, 3.8) is 0 Å². The van der Waals surface area contributed by atoms with Crippen molar-refractivity contribution in [2.45, 2.75) is 48.0 Å². The third kappa shape index (κ3) is 4.14. The predicted molar refractivity (Wildman–Crippen MR) is 182 cm³/mol. The molecule has 0 nitrogen and oxygen atoms in total. The topological polar surface area (TPSA) is 0 Å². The van der Waals surface area contributed by atoms with Gasteiger partial charge in [0.25, 0.3) is 0 Å². The minimum atomic E-state index is 0.0655. The summed E-state index contributed by atoms with van der Waals surface area (Å²) in [6.45, 7) is 13.6. The van der Waals surface area contributed by atoms with Crippen LogP contribution in [0.25, 0.3) is 11.1 Å². The summed E-state index contributed by atoms with van der Waals surface area (Å²) in [5.41, 5.74) is 21.5. The zero-order chi connectivity index (χ0) is 28.7. The smallest absolute Gasteiger partial charge is 0.0827 e. The Labute approximate surface area is 254 Å². The molecule has 0 bridgehead atoms. The molecule has 0 radical (unpaired) electrons. The van der Waals surface area contributed by atoms with Gasteiger partial charge >= 0.3 is 0 Å². The molecule has 4 heteroatoms. The van der Waals surface area contributed by atoms with Crippen LogP contribution in [0, 0.1) is 41.5 Å². The van der Waals surface area contributed by atoms with Crippen molar-refractivity contribution in [2.75, 3.05) is 0 Å². The molecule has 5 aromatic carbocycles. The Morgan fingerprint density at radius 1 is 0.488 bits per heavy atom. The first-order chi connectivity index (χ1) is 19.6. The first-order valence-corrected chi connectivity index (χ1v) is 15.3.